The van der Waals surface area contributed by atoms with Gasteiger partial charge in [-0.05, 0) is 52.9 Å². The molecular formula is C27H26N2O3. The van der Waals surface area contributed by atoms with E-state index in [4.69, 9.17) is 0 Å². The maximum atomic E-state index is 11.6. The summed E-state index contributed by atoms with van der Waals surface area (Å²) < 4.78 is 0. The van der Waals surface area contributed by atoms with E-state index in [0.29, 0.717) is 12.1 Å². The minimum absolute atomic E-state index is 0.197. The lowest BCUT2D eigenvalue weighted by Gasteiger charge is -2.17. The molecule has 0 aliphatic carbocycles. The number of hydrogen-bond donors (Lipinski definition) is 3. The summed E-state index contributed by atoms with van der Waals surface area (Å²) in [7, 11) is 0. The highest BCUT2D eigenvalue weighted by Gasteiger charge is 2.12. The minimum atomic E-state index is -0.918. The summed E-state index contributed by atoms with van der Waals surface area (Å²) in [5.41, 5.74) is 4.38. The van der Waals surface area contributed by atoms with Crippen LogP contribution in [0.5, 0.6) is 0 Å². The summed E-state index contributed by atoms with van der Waals surface area (Å²) in [6, 6.07) is 23.4. The number of aromatic carboxylic acids is 1. The summed E-state index contributed by atoms with van der Waals surface area (Å²) in [5, 5.41) is 24.8. The molecule has 0 radical (unpaired) electrons. The lowest BCUT2D eigenvalue weighted by molar-refractivity contribution is 0.0699. The van der Waals surface area contributed by atoms with Crippen LogP contribution in [0.4, 0.5) is 0 Å². The molecule has 0 saturated heterocycles. The Balaban J connectivity index is 1.44. The van der Waals surface area contributed by atoms with Crippen molar-refractivity contribution < 1.29 is 15.0 Å². The first-order valence-electron chi connectivity index (χ1n) is 10.7. The molecular weight excluding hydrogens is 400 g/mol. The molecule has 0 saturated carbocycles. The fourth-order valence-electron chi connectivity index (χ4n) is 4.00. The molecule has 1 heterocycles. The average Bonchev–Trinajstić information content (AvgIpc) is 2.82. The fourth-order valence-corrected chi connectivity index (χ4v) is 4.00. The fraction of sp³-hybridized carbons (Fsp3) is 0.185. The first-order chi connectivity index (χ1) is 15.5. The van der Waals surface area contributed by atoms with Crippen molar-refractivity contribution in [2.24, 2.45) is 0 Å². The molecule has 5 nitrogen and oxygen atoms in total. The SMILES string of the molecule is C[C@H](Cc1ccc(-c2cccc3c(C(=O)O)cccc23)cc1)NC[C@@H](O)c1cccnc1. The highest BCUT2D eigenvalue weighted by atomic mass is 16.4. The van der Waals surface area contributed by atoms with Gasteiger partial charge in [0.2, 0.25) is 0 Å². The predicted octanol–water partition coefficient (Wildman–Crippen LogP) is 4.85. The van der Waals surface area contributed by atoms with E-state index in [1.807, 2.05) is 36.4 Å². The quantitative estimate of drug-likeness (QED) is 0.375. The predicted molar refractivity (Wildman–Crippen MR) is 127 cm³/mol. The number of benzene rings is 3. The zero-order valence-electron chi connectivity index (χ0n) is 17.9. The van der Waals surface area contributed by atoms with Gasteiger partial charge in [0.15, 0.2) is 0 Å². The van der Waals surface area contributed by atoms with Crippen LogP contribution < -0.4 is 5.32 Å². The number of carboxylic acid groups (broad SMARTS) is 1. The number of fused-ring (bicyclic) bond motifs is 1. The Bertz CT molecular complexity index is 1210. The molecule has 1 aromatic heterocycles. The van der Waals surface area contributed by atoms with Crippen LogP contribution in [-0.2, 0) is 6.42 Å². The van der Waals surface area contributed by atoms with Crippen molar-refractivity contribution in [1.29, 1.82) is 0 Å². The van der Waals surface area contributed by atoms with Crippen LogP contribution in [0.15, 0.2) is 85.2 Å². The van der Waals surface area contributed by atoms with Gasteiger partial charge in [0.05, 0.1) is 11.7 Å². The first-order valence-corrected chi connectivity index (χ1v) is 10.7. The summed E-state index contributed by atoms with van der Waals surface area (Å²) in [5.74, 6) is -0.918. The van der Waals surface area contributed by atoms with Crippen LogP contribution in [0.25, 0.3) is 21.9 Å². The summed E-state index contributed by atoms with van der Waals surface area (Å²) in [6.07, 6.45) is 3.62. The van der Waals surface area contributed by atoms with E-state index in [1.54, 1.807) is 24.5 Å². The largest absolute Gasteiger partial charge is 0.478 e. The molecule has 0 unspecified atom stereocenters. The maximum absolute atomic E-state index is 11.6. The number of pyridine rings is 1. The van der Waals surface area contributed by atoms with Crippen LogP contribution in [0.2, 0.25) is 0 Å². The third-order valence-corrected chi connectivity index (χ3v) is 5.69. The van der Waals surface area contributed by atoms with Gasteiger partial charge < -0.3 is 15.5 Å². The number of nitrogens with zero attached hydrogens (tertiary/aromatic N) is 1. The van der Waals surface area contributed by atoms with E-state index in [-0.39, 0.29) is 6.04 Å². The van der Waals surface area contributed by atoms with Crippen molar-refractivity contribution in [1.82, 2.24) is 10.3 Å². The number of aromatic nitrogens is 1. The van der Waals surface area contributed by atoms with Gasteiger partial charge in [-0.2, -0.15) is 0 Å². The van der Waals surface area contributed by atoms with Crippen molar-refractivity contribution in [3.8, 4) is 11.1 Å². The Morgan fingerprint density at radius 3 is 2.44 bits per heavy atom. The zero-order valence-corrected chi connectivity index (χ0v) is 17.9. The van der Waals surface area contributed by atoms with Crippen LogP contribution in [0, 0.1) is 0 Å². The number of aliphatic hydroxyl groups excluding tert-OH is 1. The summed E-state index contributed by atoms with van der Waals surface area (Å²) in [4.78, 5) is 15.6. The van der Waals surface area contributed by atoms with Gasteiger partial charge in [-0.1, -0.05) is 60.7 Å². The van der Waals surface area contributed by atoms with Crippen LogP contribution in [0.1, 0.15) is 34.5 Å². The second kappa shape index (κ2) is 9.73. The Morgan fingerprint density at radius 2 is 1.72 bits per heavy atom. The number of carboxylic acids is 1. The molecule has 0 aliphatic heterocycles. The third kappa shape index (κ3) is 4.85. The lowest BCUT2D eigenvalue weighted by Crippen LogP contribution is -2.32. The van der Waals surface area contributed by atoms with Crippen molar-refractivity contribution >= 4 is 16.7 Å². The van der Waals surface area contributed by atoms with E-state index in [1.165, 1.54) is 5.56 Å². The number of rotatable bonds is 8. The van der Waals surface area contributed by atoms with E-state index < -0.39 is 12.1 Å². The molecule has 2 atom stereocenters. The van der Waals surface area contributed by atoms with Crippen LogP contribution >= 0.6 is 0 Å². The second-order valence-electron chi connectivity index (χ2n) is 8.02. The molecule has 0 spiro atoms. The Hall–Kier alpha value is -3.54. The molecule has 4 aromatic rings. The number of hydrogen-bond acceptors (Lipinski definition) is 4. The minimum Gasteiger partial charge on any atom is -0.478 e. The van der Waals surface area contributed by atoms with Crippen molar-refractivity contribution in [2.75, 3.05) is 6.54 Å². The lowest BCUT2D eigenvalue weighted by atomic mass is 9.94. The molecule has 0 bridgehead atoms. The maximum Gasteiger partial charge on any atom is 0.336 e. The summed E-state index contributed by atoms with van der Waals surface area (Å²) in [6.45, 7) is 2.56. The van der Waals surface area contributed by atoms with E-state index in [2.05, 4.69) is 41.5 Å². The van der Waals surface area contributed by atoms with Gasteiger partial charge in [-0.25, -0.2) is 4.79 Å². The number of aliphatic hydroxyl groups is 1. The van der Waals surface area contributed by atoms with E-state index in [9.17, 15) is 15.0 Å². The smallest absolute Gasteiger partial charge is 0.336 e. The van der Waals surface area contributed by atoms with Crippen molar-refractivity contribution in [2.45, 2.75) is 25.5 Å². The first kappa shape index (κ1) is 21.7. The monoisotopic (exact) mass is 426 g/mol. The summed E-state index contributed by atoms with van der Waals surface area (Å²) >= 11 is 0. The molecule has 32 heavy (non-hydrogen) atoms. The zero-order chi connectivity index (χ0) is 22.5. The average molecular weight is 427 g/mol. The van der Waals surface area contributed by atoms with Gasteiger partial charge in [0.1, 0.15) is 0 Å². The highest BCUT2D eigenvalue weighted by molar-refractivity contribution is 6.08. The molecule has 0 amide bonds. The molecule has 4 rings (SSSR count). The second-order valence-corrected chi connectivity index (χ2v) is 8.02. The molecule has 5 heteroatoms. The van der Waals surface area contributed by atoms with Crippen molar-refractivity contribution in [3.05, 3.63) is 102 Å². The molecule has 3 aromatic carbocycles. The van der Waals surface area contributed by atoms with Gasteiger partial charge in [0.25, 0.3) is 0 Å². The number of nitrogens with one attached hydrogen (secondary N) is 1. The highest BCUT2D eigenvalue weighted by Crippen LogP contribution is 2.30. The normalized spacial score (nSPS) is 13.1. The Labute approximate surface area is 187 Å². The standard InChI is InChI=1S/C27H26N2O3/c1-18(29-17-26(30)21-5-4-14-28-16-21)15-19-10-12-20(13-11-19)22-6-2-8-24-23(22)7-3-9-25(24)27(31)32/h2-14,16,18,26,29-30H,15,17H2,1H3,(H,31,32)/t18-,26-/m1/s1. The molecule has 0 fully saturated rings. The van der Waals surface area contributed by atoms with Gasteiger partial charge in [-0.3, -0.25) is 4.98 Å². The van der Waals surface area contributed by atoms with Gasteiger partial charge in [-0.15, -0.1) is 0 Å². The molecule has 0 aliphatic rings. The third-order valence-electron chi connectivity index (χ3n) is 5.69. The van der Waals surface area contributed by atoms with Crippen molar-refractivity contribution in [3.63, 3.8) is 0 Å². The topological polar surface area (TPSA) is 82.5 Å². The van der Waals surface area contributed by atoms with Crippen LogP contribution in [-0.4, -0.2) is 33.8 Å². The van der Waals surface area contributed by atoms with E-state index >= 15 is 0 Å². The molecule has 162 valence electrons. The van der Waals surface area contributed by atoms with Crippen LogP contribution in [0.3, 0.4) is 0 Å². The number of carbonyl (C=O) groups is 1. The Kier molecular flexibility index (Phi) is 6.59. The molecule has 3 N–H and O–H groups in total. The van der Waals surface area contributed by atoms with Gasteiger partial charge in [0, 0.05) is 30.5 Å². The Morgan fingerprint density at radius 1 is 0.969 bits per heavy atom. The van der Waals surface area contributed by atoms with E-state index in [0.717, 1.165) is 33.9 Å². The van der Waals surface area contributed by atoms with Gasteiger partial charge >= 0.3 is 5.97 Å².